The lowest BCUT2D eigenvalue weighted by molar-refractivity contribution is -0.143. The van der Waals surface area contributed by atoms with Crippen LogP contribution in [0.25, 0.3) is 0 Å². The molecule has 0 radical (unpaired) electrons. The molecule has 0 aliphatic carbocycles. The van der Waals surface area contributed by atoms with Crippen LogP contribution in [-0.2, 0) is 47.9 Å². The third-order valence-electron chi connectivity index (χ3n) is 6.78. The van der Waals surface area contributed by atoms with Crippen molar-refractivity contribution in [1.82, 2.24) is 26.6 Å². The number of hydrogen-bond donors (Lipinski definition) is 12. The molecule has 270 valence electrons. The highest BCUT2D eigenvalue weighted by Gasteiger charge is 2.34. The summed E-state index contributed by atoms with van der Waals surface area (Å²) in [4.78, 5) is 122. The second-order valence-corrected chi connectivity index (χ2v) is 11.1. The van der Waals surface area contributed by atoms with Crippen LogP contribution >= 0.6 is 12.6 Å². The van der Waals surface area contributed by atoms with Crippen molar-refractivity contribution < 1.29 is 53.1 Å². The molecule has 21 nitrogen and oxygen atoms in total. The number of carbonyl (C=O) groups excluding carboxylic acids is 9. The summed E-state index contributed by atoms with van der Waals surface area (Å²) in [6, 6.07) is -9.46. The molecule has 0 aliphatic heterocycles. The topological polar surface area (TPSA) is 381 Å². The molecule has 0 heterocycles. The van der Waals surface area contributed by atoms with Crippen molar-refractivity contribution in [2.45, 2.75) is 88.6 Å². The van der Waals surface area contributed by atoms with Gasteiger partial charge >= 0.3 is 5.97 Å². The van der Waals surface area contributed by atoms with Crippen molar-refractivity contribution in [3.05, 3.63) is 0 Å². The number of primary amides is 4. The quantitative estimate of drug-likeness (QED) is 0.0442. The SMILES string of the molecule is CCC(C)C(N)C(=O)NC(CCC(N)=O)C(=O)NC(CC(N)=O)C(=O)NC(CC(N)=O)C(=O)NC(CS)C(=O)NC(CC(N)=O)C(=O)O. The van der Waals surface area contributed by atoms with Gasteiger partial charge in [0.1, 0.15) is 30.2 Å². The maximum Gasteiger partial charge on any atom is 0.326 e. The van der Waals surface area contributed by atoms with Gasteiger partial charge in [0, 0.05) is 12.2 Å². The maximum absolute atomic E-state index is 13.2. The van der Waals surface area contributed by atoms with Crippen LogP contribution in [0.3, 0.4) is 0 Å². The average molecular weight is 705 g/mol. The average Bonchev–Trinajstić information content (AvgIpc) is 2.98. The van der Waals surface area contributed by atoms with Crippen LogP contribution in [0.1, 0.15) is 52.4 Å². The van der Waals surface area contributed by atoms with Crippen molar-refractivity contribution in [3.8, 4) is 0 Å². The van der Waals surface area contributed by atoms with Crippen molar-refractivity contribution in [3.63, 3.8) is 0 Å². The molecule has 0 fully saturated rings. The minimum absolute atomic E-state index is 0.298. The summed E-state index contributed by atoms with van der Waals surface area (Å²) in [6.07, 6.45) is -2.67. The minimum Gasteiger partial charge on any atom is -0.480 e. The smallest absolute Gasteiger partial charge is 0.326 e. The fourth-order valence-corrected chi connectivity index (χ4v) is 4.10. The summed E-state index contributed by atoms with van der Waals surface area (Å²) in [5, 5.41) is 20.1. The predicted molar refractivity (Wildman–Crippen MR) is 168 cm³/mol. The number of rotatable bonds is 23. The van der Waals surface area contributed by atoms with Gasteiger partial charge in [-0.1, -0.05) is 20.3 Å². The molecule has 0 aromatic carbocycles. The van der Waals surface area contributed by atoms with Gasteiger partial charge < -0.3 is 60.4 Å². The van der Waals surface area contributed by atoms with Crippen LogP contribution in [-0.4, -0.2) is 106 Å². The van der Waals surface area contributed by atoms with E-state index in [2.05, 4.69) is 33.9 Å². The van der Waals surface area contributed by atoms with E-state index >= 15 is 0 Å². The van der Waals surface area contributed by atoms with Crippen LogP contribution in [0.5, 0.6) is 0 Å². The number of hydrogen-bond acceptors (Lipinski definition) is 12. The highest BCUT2D eigenvalue weighted by molar-refractivity contribution is 7.80. The van der Waals surface area contributed by atoms with Crippen molar-refractivity contribution >= 4 is 71.8 Å². The Balaban J connectivity index is 6.07. The number of nitrogens with one attached hydrogen (secondary N) is 5. The van der Waals surface area contributed by atoms with Crippen molar-refractivity contribution in [1.29, 1.82) is 0 Å². The van der Waals surface area contributed by atoms with Crippen LogP contribution in [0, 0.1) is 5.92 Å². The van der Waals surface area contributed by atoms with Gasteiger partial charge in [-0.05, 0) is 12.3 Å². The molecule has 0 bridgehead atoms. The van der Waals surface area contributed by atoms with E-state index in [-0.39, 0.29) is 18.8 Å². The highest BCUT2D eigenvalue weighted by Crippen LogP contribution is 2.08. The van der Waals surface area contributed by atoms with E-state index in [0.717, 1.165) is 0 Å². The molecule has 0 saturated carbocycles. The fraction of sp³-hybridized carbons (Fsp3) is 0.615. The first kappa shape index (κ1) is 43.0. The summed E-state index contributed by atoms with van der Waals surface area (Å²) in [5.74, 6) is -11.8. The molecule has 0 spiro atoms. The molecule has 0 saturated heterocycles. The lowest BCUT2D eigenvalue weighted by Crippen LogP contribution is -2.60. The molecule has 9 amide bonds. The van der Waals surface area contributed by atoms with Gasteiger partial charge in [0.25, 0.3) is 0 Å². The first-order valence-corrected chi connectivity index (χ1v) is 15.1. The van der Waals surface area contributed by atoms with Gasteiger partial charge in [-0.3, -0.25) is 43.2 Å². The Labute approximate surface area is 280 Å². The number of carboxylic acid groups (broad SMARTS) is 1. The van der Waals surface area contributed by atoms with Crippen LogP contribution < -0.4 is 55.3 Å². The Bertz CT molecular complexity index is 1250. The summed E-state index contributed by atoms with van der Waals surface area (Å²) in [6.45, 7) is 3.47. The molecule has 0 aliphatic rings. The Morgan fingerprint density at radius 2 is 0.938 bits per heavy atom. The van der Waals surface area contributed by atoms with Gasteiger partial charge in [-0.25, -0.2) is 4.79 Å². The summed E-state index contributed by atoms with van der Waals surface area (Å²) >= 11 is 3.93. The molecule has 7 unspecified atom stereocenters. The second-order valence-electron chi connectivity index (χ2n) is 10.8. The zero-order valence-electron chi connectivity index (χ0n) is 26.4. The first-order valence-electron chi connectivity index (χ1n) is 14.5. The van der Waals surface area contributed by atoms with E-state index in [1.807, 2.05) is 5.32 Å². The molecule has 0 aromatic rings. The number of nitrogens with two attached hydrogens (primary N) is 5. The molecule has 0 rings (SSSR count). The first-order chi connectivity index (χ1) is 22.2. The van der Waals surface area contributed by atoms with E-state index in [0.29, 0.717) is 6.42 Å². The predicted octanol–water partition coefficient (Wildman–Crippen LogP) is -6.31. The molecular formula is C26H44N10O11S. The van der Waals surface area contributed by atoms with Gasteiger partial charge in [0.15, 0.2) is 0 Å². The van der Waals surface area contributed by atoms with Gasteiger partial charge in [-0.2, -0.15) is 12.6 Å². The Kier molecular flexibility index (Phi) is 18.8. The van der Waals surface area contributed by atoms with E-state index in [9.17, 15) is 53.1 Å². The van der Waals surface area contributed by atoms with E-state index in [4.69, 9.17) is 28.7 Å². The van der Waals surface area contributed by atoms with E-state index in [1.165, 1.54) is 0 Å². The van der Waals surface area contributed by atoms with Gasteiger partial charge in [0.2, 0.25) is 53.2 Å². The Morgan fingerprint density at radius 3 is 1.31 bits per heavy atom. The lowest BCUT2D eigenvalue weighted by Gasteiger charge is -2.26. The largest absolute Gasteiger partial charge is 0.480 e. The Morgan fingerprint density at radius 1 is 0.583 bits per heavy atom. The third-order valence-corrected chi connectivity index (χ3v) is 7.15. The lowest BCUT2D eigenvalue weighted by atomic mass is 9.98. The normalized spacial score (nSPS) is 15.1. The third kappa shape index (κ3) is 16.0. The monoisotopic (exact) mass is 704 g/mol. The standard InChI is InChI=1S/C26H44N10O11S/c1-3-10(2)20(31)25(45)32-11(4-5-16(27)37)21(41)33-12(6-17(28)38)22(42)34-13(7-18(29)39)23(43)36-15(9-48)24(44)35-14(26(46)47)8-19(30)40/h10-15,20,48H,3-9,31H2,1-2H3,(H2,27,37)(H2,28,38)(H2,29,39)(H2,30,40)(H,32,45)(H,33,41)(H,34,42)(H,35,44)(H,36,43)(H,46,47). The molecule has 48 heavy (non-hydrogen) atoms. The molecule has 7 atom stereocenters. The fourth-order valence-electron chi connectivity index (χ4n) is 3.84. The number of amides is 9. The Hall–Kier alpha value is -4.99. The molecular weight excluding hydrogens is 660 g/mol. The van der Waals surface area contributed by atoms with Crippen LogP contribution in [0.15, 0.2) is 0 Å². The summed E-state index contributed by atoms with van der Waals surface area (Å²) in [7, 11) is 0. The molecule has 16 N–H and O–H groups in total. The number of thiol groups is 1. The van der Waals surface area contributed by atoms with Crippen molar-refractivity contribution in [2.75, 3.05) is 5.75 Å². The summed E-state index contributed by atoms with van der Waals surface area (Å²) < 4.78 is 0. The number of carbonyl (C=O) groups is 10. The second kappa shape index (κ2) is 21.0. The number of carboxylic acids is 1. The molecule has 0 aromatic heterocycles. The zero-order chi connectivity index (χ0) is 37.3. The summed E-state index contributed by atoms with van der Waals surface area (Å²) in [5.41, 5.74) is 26.5. The minimum atomic E-state index is -1.82. The maximum atomic E-state index is 13.2. The van der Waals surface area contributed by atoms with Crippen LogP contribution in [0.4, 0.5) is 0 Å². The van der Waals surface area contributed by atoms with E-state index < -0.39 is 120 Å². The number of aliphatic carboxylic acids is 1. The zero-order valence-corrected chi connectivity index (χ0v) is 27.2. The van der Waals surface area contributed by atoms with Gasteiger partial charge in [0.05, 0.1) is 25.3 Å². The van der Waals surface area contributed by atoms with Gasteiger partial charge in [-0.15, -0.1) is 0 Å². The van der Waals surface area contributed by atoms with Crippen molar-refractivity contribution in [2.24, 2.45) is 34.6 Å². The van der Waals surface area contributed by atoms with E-state index in [1.54, 1.807) is 13.8 Å². The highest BCUT2D eigenvalue weighted by atomic mass is 32.1. The molecule has 22 heteroatoms. The van der Waals surface area contributed by atoms with Crippen LogP contribution in [0.2, 0.25) is 0 Å².